The van der Waals surface area contributed by atoms with E-state index in [1.807, 2.05) is 0 Å². The summed E-state index contributed by atoms with van der Waals surface area (Å²) in [7, 11) is 0. The molecule has 1 aliphatic heterocycles. The van der Waals surface area contributed by atoms with Crippen molar-refractivity contribution in [3.05, 3.63) is 30.2 Å². The molecule has 0 radical (unpaired) electrons. The van der Waals surface area contributed by atoms with Gasteiger partial charge in [-0.25, -0.2) is 10.9 Å². The normalized spacial score (nSPS) is 18.2. The quantitative estimate of drug-likeness (QED) is 0.610. The summed E-state index contributed by atoms with van der Waals surface area (Å²) in [6.07, 6.45) is 7.03. The lowest BCUT2D eigenvalue weighted by atomic mass is 9.99. The number of nitrogens with one attached hydrogen (secondary N) is 2. The number of furan rings is 1. The van der Waals surface area contributed by atoms with Gasteiger partial charge >= 0.3 is 0 Å². The van der Waals surface area contributed by atoms with Crippen LogP contribution in [-0.2, 0) is 9.59 Å². The number of rotatable bonds is 6. The highest BCUT2D eigenvalue weighted by atomic mass is 16.3. The number of hydrazone groups is 2. The van der Waals surface area contributed by atoms with Gasteiger partial charge in [0, 0.05) is 18.3 Å². The third kappa shape index (κ3) is 4.41. The molecule has 2 N–H and O–H groups in total. The third-order valence-corrected chi connectivity index (χ3v) is 2.98. The first-order valence-electron chi connectivity index (χ1n) is 6.53. The maximum absolute atomic E-state index is 11.6. The third-order valence-electron chi connectivity index (χ3n) is 2.98. The average Bonchev–Trinajstić information content (AvgIpc) is 3.08. The Morgan fingerprint density at radius 3 is 3.14 bits per heavy atom. The zero-order valence-corrected chi connectivity index (χ0v) is 11.6. The number of hydrogen-bond acceptors (Lipinski definition) is 5. The zero-order chi connectivity index (χ0) is 15.1. The lowest BCUT2D eigenvalue weighted by Crippen LogP contribution is -2.25. The van der Waals surface area contributed by atoms with Gasteiger partial charge in [-0.05, 0) is 37.6 Å². The van der Waals surface area contributed by atoms with Gasteiger partial charge in [0.15, 0.2) is 0 Å². The Bertz CT molecular complexity index is 587. The van der Waals surface area contributed by atoms with Gasteiger partial charge in [0.1, 0.15) is 5.76 Å². The molecular weight excluding hydrogens is 272 g/mol. The largest absolute Gasteiger partial charge is 0.465 e. The lowest BCUT2D eigenvalue weighted by Gasteiger charge is -2.05. The number of carbonyl (C=O) groups excluding carboxylic acids is 2. The van der Waals surface area contributed by atoms with Gasteiger partial charge in [-0.3, -0.25) is 9.59 Å². The van der Waals surface area contributed by atoms with Crippen molar-refractivity contribution in [3.8, 4) is 0 Å². The van der Waals surface area contributed by atoms with Gasteiger partial charge in [0.2, 0.25) is 11.8 Å². The molecule has 1 atom stereocenters. The predicted octanol–water partition coefficient (Wildman–Crippen LogP) is 1.30. The van der Waals surface area contributed by atoms with E-state index in [9.17, 15) is 9.59 Å². The Kier molecular flexibility index (Phi) is 5.03. The van der Waals surface area contributed by atoms with Gasteiger partial charge in [-0.15, -0.1) is 0 Å². The van der Waals surface area contributed by atoms with E-state index in [1.165, 1.54) is 6.21 Å². The molecule has 1 aromatic heterocycles. The van der Waals surface area contributed by atoms with Crippen LogP contribution in [0.25, 0.3) is 6.08 Å². The first-order valence-corrected chi connectivity index (χ1v) is 6.53. The van der Waals surface area contributed by atoms with Crippen LogP contribution in [0.4, 0.5) is 0 Å². The van der Waals surface area contributed by atoms with Crippen LogP contribution in [0.15, 0.2) is 39.1 Å². The van der Waals surface area contributed by atoms with Crippen LogP contribution >= 0.6 is 0 Å². The monoisotopic (exact) mass is 288 g/mol. The molecule has 0 spiro atoms. The minimum absolute atomic E-state index is 0.162. The molecule has 2 rings (SSSR count). The van der Waals surface area contributed by atoms with E-state index in [0.717, 1.165) is 0 Å². The zero-order valence-electron chi connectivity index (χ0n) is 11.6. The summed E-state index contributed by atoms with van der Waals surface area (Å²) in [5.74, 6) is -0.0244. The van der Waals surface area contributed by atoms with Gasteiger partial charge in [0.25, 0.3) is 0 Å². The number of hydrogen-bond donors (Lipinski definition) is 2. The lowest BCUT2D eigenvalue weighted by molar-refractivity contribution is -0.123. The van der Waals surface area contributed by atoms with Crippen LogP contribution in [0, 0.1) is 5.92 Å². The van der Waals surface area contributed by atoms with E-state index in [-0.39, 0.29) is 24.2 Å². The molecule has 0 bridgehead atoms. The summed E-state index contributed by atoms with van der Waals surface area (Å²) < 4.78 is 5.09. The minimum atomic E-state index is -0.321. The molecule has 0 fully saturated rings. The Labute approximate surface area is 121 Å². The summed E-state index contributed by atoms with van der Waals surface area (Å²) in [5.41, 5.74) is 5.49. The highest BCUT2D eigenvalue weighted by Gasteiger charge is 2.26. The molecule has 2 amide bonds. The van der Waals surface area contributed by atoms with Crippen LogP contribution in [0.3, 0.4) is 0 Å². The van der Waals surface area contributed by atoms with E-state index >= 15 is 0 Å². The summed E-state index contributed by atoms with van der Waals surface area (Å²) in [6, 6.07) is 3.59. The fourth-order valence-electron chi connectivity index (χ4n) is 1.84. The Hall–Kier alpha value is -2.70. The Morgan fingerprint density at radius 2 is 2.48 bits per heavy atom. The summed E-state index contributed by atoms with van der Waals surface area (Å²) in [6.45, 7) is 1.76. The molecular formula is C14H16N4O3. The fourth-order valence-corrected chi connectivity index (χ4v) is 1.84. The van der Waals surface area contributed by atoms with Crippen molar-refractivity contribution in [2.45, 2.75) is 19.8 Å². The highest BCUT2D eigenvalue weighted by Crippen LogP contribution is 2.13. The van der Waals surface area contributed by atoms with E-state index in [2.05, 4.69) is 21.1 Å². The van der Waals surface area contributed by atoms with E-state index < -0.39 is 0 Å². The molecule has 21 heavy (non-hydrogen) atoms. The summed E-state index contributed by atoms with van der Waals surface area (Å²) in [4.78, 5) is 23.0. The van der Waals surface area contributed by atoms with Crippen LogP contribution in [0.2, 0.25) is 0 Å². The first kappa shape index (κ1) is 14.7. The number of allylic oxidation sites excluding steroid dienone is 1. The molecule has 110 valence electrons. The SMILES string of the molecule is CC1=NNC(=O)[C@@H]1CCC(=O)NN=C/C=C\c1ccco1. The number of amides is 2. The average molecular weight is 288 g/mol. The van der Waals surface area contributed by atoms with Crippen molar-refractivity contribution >= 4 is 29.8 Å². The van der Waals surface area contributed by atoms with Gasteiger partial charge in [-0.2, -0.15) is 10.2 Å². The first-order chi connectivity index (χ1) is 10.2. The van der Waals surface area contributed by atoms with Crippen LogP contribution in [0.1, 0.15) is 25.5 Å². The number of carbonyl (C=O) groups is 2. The molecule has 7 heteroatoms. The van der Waals surface area contributed by atoms with Crippen LogP contribution in [-0.4, -0.2) is 23.7 Å². The van der Waals surface area contributed by atoms with Crippen LogP contribution in [0.5, 0.6) is 0 Å². The predicted molar refractivity (Wildman–Crippen MR) is 78.4 cm³/mol. The molecule has 0 unspecified atom stereocenters. The molecule has 1 aliphatic rings. The highest BCUT2D eigenvalue weighted by molar-refractivity contribution is 6.07. The van der Waals surface area contributed by atoms with Gasteiger partial charge in [-0.1, -0.05) is 0 Å². The maximum Gasteiger partial charge on any atom is 0.248 e. The van der Waals surface area contributed by atoms with Crippen molar-refractivity contribution in [1.82, 2.24) is 10.9 Å². The molecule has 0 saturated heterocycles. The van der Waals surface area contributed by atoms with Crippen molar-refractivity contribution in [2.24, 2.45) is 16.1 Å². The topological polar surface area (TPSA) is 96.1 Å². The standard InChI is InChI=1S/C14H16N4O3/c1-10-12(14(20)18-16-10)6-7-13(19)17-15-8-2-4-11-5-3-9-21-11/h2-5,8-9,12H,6-7H2,1H3,(H,17,19)(H,18,20)/b4-2-,15-8?/t12-/m1/s1. The maximum atomic E-state index is 11.6. The molecule has 7 nitrogen and oxygen atoms in total. The smallest absolute Gasteiger partial charge is 0.248 e. The second-order valence-electron chi connectivity index (χ2n) is 4.51. The fraction of sp³-hybridized carbons (Fsp3) is 0.286. The van der Waals surface area contributed by atoms with Crippen molar-refractivity contribution in [1.29, 1.82) is 0 Å². The van der Waals surface area contributed by atoms with E-state index in [4.69, 9.17) is 4.42 Å². The van der Waals surface area contributed by atoms with Gasteiger partial charge < -0.3 is 4.42 Å². The van der Waals surface area contributed by atoms with Crippen molar-refractivity contribution in [2.75, 3.05) is 0 Å². The molecule has 0 saturated carbocycles. The second-order valence-corrected chi connectivity index (χ2v) is 4.51. The molecule has 2 heterocycles. The van der Waals surface area contributed by atoms with Crippen molar-refractivity contribution in [3.63, 3.8) is 0 Å². The minimum Gasteiger partial charge on any atom is -0.465 e. The summed E-state index contributed by atoms with van der Waals surface area (Å²) in [5, 5.41) is 7.60. The van der Waals surface area contributed by atoms with Gasteiger partial charge in [0.05, 0.1) is 12.2 Å². The second kappa shape index (κ2) is 7.18. The van der Waals surface area contributed by atoms with E-state index in [0.29, 0.717) is 17.9 Å². The van der Waals surface area contributed by atoms with E-state index in [1.54, 1.807) is 37.5 Å². The van der Waals surface area contributed by atoms with Crippen LogP contribution < -0.4 is 10.9 Å². The summed E-state index contributed by atoms with van der Waals surface area (Å²) >= 11 is 0. The molecule has 0 aliphatic carbocycles. The Balaban J connectivity index is 1.68. The number of nitrogens with zero attached hydrogens (tertiary/aromatic N) is 2. The Morgan fingerprint density at radius 1 is 1.62 bits per heavy atom. The molecule has 0 aromatic carbocycles. The molecule has 1 aromatic rings. The van der Waals surface area contributed by atoms with Crippen molar-refractivity contribution < 1.29 is 14.0 Å².